The molecule has 5 rings (SSSR count). The molecular weight excluding hydrogens is 576 g/mol. The molecule has 0 bridgehead atoms. The van der Waals surface area contributed by atoms with E-state index in [0.29, 0.717) is 22.9 Å². The zero-order valence-electron chi connectivity index (χ0n) is 23.9. The monoisotopic (exact) mass is 606 g/mol. The number of benzene rings is 2. The molecule has 3 heterocycles. The first-order chi connectivity index (χ1) is 20.4. The molecule has 0 unspecified atom stereocenters. The van der Waals surface area contributed by atoms with Crippen LogP contribution in [0.4, 0.5) is 4.79 Å². The number of nitrogens with zero attached hydrogens (tertiary/aromatic N) is 4. The Labute approximate surface area is 252 Å². The maximum Gasteiger partial charge on any atom is 0.326 e. The van der Waals surface area contributed by atoms with Crippen LogP contribution in [0.25, 0.3) is 0 Å². The number of carbonyl (C=O) groups is 4. The second-order valence-corrected chi connectivity index (χ2v) is 11.7. The number of urea groups is 1. The molecular formula is C30H31ClN6O6. The molecule has 12 nitrogen and oxygen atoms in total. The Morgan fingerprint density at radius 2 is 1.88 bits per heavy atom. The van der Waals surface area contributed by atoms with E-state index in [1.165, 1.54) is 28.1 Å². The number of amides is 4. The molecule has 0 saturated carbocycles. The molecule has 2 atom stereocenters. The van der Waals surface area contributed by atoms with Crippen LogP contribution in [0.1, 0.15) is 66.5 Å². The van der Waals surface area contributed by atoms with Gasteiger partial charge in [0.1, 0.15) is 35.8 Å². The van der Waals surface area contributed by atoms with Gasteiger partial charge in [-0.25, -0.2) is 4.79 Å². The van der Waals surface area contributed by atoms with Gasteiger partial charge in [0.25, 0.3) is 0 Å². The van der Waals surface area contributed by atoms with Crippen molar-refractivity contribution in [3.8, 4) is 5.75 Å². The first-order valence-corrected chi connectivity index (χ1v) is 14.0. The Morgan fingerprint density at radius 3 is 2.51 bits per heavy atom. The number of carbonyl (C=O) groups excluding carboxylic acids is 4. The summed E-state index contributed by atoms with van der Waals surface area (Å²) in [5, 5.41) is 7.15. The third-order valence-electron chi connectivity index (χ3n) is 6.84. The minimum Gasteiger partial charge on any atom is -0.487 e. The highest BCUT2D eigenvalue weighted by Gasteiger charge is 2.47. The first kappa shape index (κ1) is 29.8. The Morgan fingerprint density at radius 1 is 1.14 bits per heavy atom. The highest BCUT2D eigenvalue weighted by molar-refractivity contribution is 6.30. The van der Waals surface area contributed by atoms with E-state index in [4.69, 9.17) is 31.6 Å². The third kappa shape index (κ3) is 6.54. The summed E-state index contributed by atoms with van der Waals surface area (Å²) >= 11 is 6.18. The molecule has 0 spiro atoms. The van der Waals surface area contributed by atoms with E-state index in [-0.39, 0.29) is 36.1 Å². The van der Waals surface area contributed by atoms with Gasteiger partial charge in [-0.15, -0.1) is 0 Å². The van der Waals surface area contributed by atoms with Crippen LogP contribution in [-0.4, -0.2) is 69.7 Å². The number of hydrogen-bond donors (Lipinski definition) is 2. The molecule has 2 aliphatic heterocycles. The number of halogens is 1. The van der Waals surface area contributed by atoms with Gasteiger partial charge in [0.15, 0.2) is 11.5 Å². The van der Waals surface area contributed by atoms with E-state index >= 15 is 0 Å². The van der Waals surface area contributed by atoms with Crippen LogP contribution in [0, 0.1) is 0 Å². The summed E-state index contributed by atoms with van der Waals surface area (Å²) in [7, 11) is 0. The topological polar surface area (TPSA) is 160 Å². The van der Waals surface area contributed by atoms with Crippen molar-refractivity contribution >= 4 is 41.1 Å². The van der Waals surface area contributed by atoms with E-state index in [2.05, 4.69) is 10.5 Å². The number of nitrogens with one attached hydrogen (secondary N) is 1. The number of aromatic nitrogens is 1. The van der Waals surface area contributed by atoms with Gasteiger partial charge >= 0.3 is 6.03 Å². The van der Waals surface area contributed by atoms with Gasteiger partial charge in [0.05, 0.1) is 18.2 Å². The van der Waals surface area contributed by atoms with E-state index in [1.807, 2.05) is 32.9 Å². The summed E-state index contributed by atoms with van der Waals surface area (Å²) in [6, 6.07) is 11.5. The van der Waals surface area contributed by atoms with Crippen LogP contribution < -0.4 is 15.8 Å². The summed E-state index contributed by atoms with van der Waals surface area (Å²) < 4.78 is 11.9. The van der Waals surface area contributed by atoms with Crippen molar-refractivity contribution < 1.29 is 28.4 Å². The second kappa shape index (κ2) is 11.9. The van der Waals surface area contributed by atoms with Crippen LogP contribution in [0.2, 0.25) is 5.02 Å². The summed E-state index contributed by atoms with van der Waals surface area (Å²) in [6.45, 7) is 5.97. The van der Waals surface area contributed by atoms with Crippen LogP contribution in [0.5, 0.6) is 5.75 Å². The van der Waals surface area contributed by atoms with Crippen molar-refractivity contribution in [2.75, 3.05) is 19.6 Å². The molecule has 2 aromatic carbocycles. The largest absolute Gasteiger partial charge is 0.487 e. The van der Waals surface area contributed by atoms with Gasteiger partial charge in [0, 0.05) is 29.7 Å². The van der Waals surface area contributed by atoms with E-state index in [1.54, 1.807) is 24.3 Å². The van der Waals surface area contributed by atoms with Crippen molar-refractivity contribution in [3.05, 3.63) is 82.2 Å². The maximum atomic E-state index is 14.3. The van der Waals surface area contributed by atoms with Crippen molar-refractivity contribution in [3.63, 3.8) is 0 Å². The number of primary amides is 1. The predicted octanol–water partition coefficient (Wildman–Crippen LogP) is 3.66. The number of aliphatic imine (C=N–C) groups is 1. The molecule has 0 radical (unpaired) electrons. The predicted molar refractivity (Wildman–Crippen MR) is 157 cm³/mol. The average Bonchev–Trinajstić information content (AvgIpc) is 3.60. The number of ketones is 1. The zero-order valence-corrected chi connectivity index (χ0v) is 24.6. The Balaban J connectivity index is 1.69. The van der Waals surface area contributed by atoms with Gasteiger partial charge < -0.3 is 25.2 Å². The summed E-state index contributed by atoms with van der Waals surface area (Å²) in [4.78, 5) is 58.8. The number of Topliss-reactive ketones (excluding diaryl/α,β-unsaturated/α-hetero) is 1. The lowest BCUT2D eigenvalue weighted by atomic mass is 9.98. The molecule has 1 aromatic heterocycles. The SMILES string of the molecule is CC(C)(C)Oc1cc(C(=O)CC(N)=O)ccc1C1=N[C@@H](c2ccc(Cl)cc2)[C@@H](c2ccno2)N1C(=O)N1CCNC(=O)C1. The van der Waals surface area contributed by atoms with E-state index < -0.39 is 41.8 Å². The molecule has 3 aromatic rings. The zero-order chi connectivity index (χ0) is 30.9. The Kier molecular flexibility index (Phi) is 8.23. The number of ether oxygens (including phenoxy) is 1. The number of amidine groups is 1. The smallest absolute Gasteiger partial charge is 0.326 e. The molecule has 2 aliphatic rings. The number of piperazine rings is 1. The first-order valence-electron chi connectivity index (χ1n) is 13.6. The highest BCUT2D eigenvalue weighted by Crippen LogP contribution is 2.45. The van der Waals surface area contributed by atoms with E-state index in [0.717, 1.165) is 5.56 Å². The molecule has 1 fully saturated rings. The van der Waals surface area contributed by atoms with Crippen molar-refractivity contribution in [2.45, 2.75) is 44.9 Å². The fourth-order valence-corrected chi connectivity index (χ4v) is 5.16. The number of rotatable bonds is 7. The normalized spacial score (nSPS) is 18.7. The molecule has 3 N–H and O–H groups in total. The second-order valence-electron chi connectivity index (χ2n) is 11.2. The van der Waals surface area contributed by atoms with Crippen LogP contribution in [-0.2, 0) is 9.59 Å². The number of hydrogen-bond acceptors (Lipinski definition) is 8. The van der Waals surface area contributed by atoms with E-state index in [9.17, 15) is 19.2 Å². The fourth-order valence-electron chi connectivity index (χ4n) is 5.03. The van der Waals surface area contributed by atoms with Gasteiger partial charge in [0.2, 0.25) is 11.8 Å². The standard InChI is InChI=1S/C30H31ClN6O6/c1-30(2,3)42-23-14-18(21(38)15-24(32)39)6-9-20(23)28-35-26(17-4-7-19(31)8-5-17)27(22-10-11-34-43-22)37(28)29(41)36-13-12-33-25(40)16-36/h4-11,14,26-27H,12-13,15-16H2,1-3H3,(H2,32,39)(H,33,40)/t26-,27+/m0/s1. The fraction of sp³-hybridized carbons (Fsp3) is 0.333. The third-order valence-corrected chi connectivity index (χ3v) is 7.09. The minimum atomic E-state index is -0.783. The molecule has 0 aliphatic carbocycles. The number of nitrogens with two attached hydrogens (primary N) is 1. The lowest BCUT2D eigenvalue weighted by Gasteiger charge is -2.35. The summed E-state index contributed by atoms with van der Waals surface area (Å²) in [6.07, 6.45) is 1.01. The average molecular weight is 607 g/mol. The van der Waals surface area contributed by atoms with Gasteiger partial charge in [-0.1, -0.05) is 35.0 Å². The van der Waals surface area contributed by atoms with Crippen LogP contribution >= 0.6 is 11.6 Å². The van der Waals surface area contributed by atoms with Crippen molar-refractivity contribution in [1.29, 1.82) is 0 Å². The van der Waals surface area contributed by atoms with Crippen molar-refractivity contribution in [1.82, 2.24) is 20.3 Å². The highest BCUT2D eigenvalue weighted by atomic mass is 35.5. The lowest BCUT2D eigenvalue weighted by molar-refractivity contribution is -0.123. The van der Waals surface area contributed by atoms with Crippen LogP contribution in [0.15, 0.2) is 64.2 Å². The molecule has 1 saturated heterocycles. The van der Waals surface area contributed by atoms with Crippen LogP contribution in [0.3, 0.4) is 0 Å². The lowest BCUT2D eigenvalue weighted by Crippen LogP contribution is -2.55. The molecule has 224 valence electrons. The Hall–Kier alpha value is -4.71. The molecule has 43 heavy (non-hydrogen) atoms. The maximum absolute atomic E-state index is 14.3. The van der Waals surface area contributed by atoms with Gasteiger partial charge in [-0.05, 0) is 50.6 Å². The van der Waals surface area contributed by atoms with Crippen molar-refractivity contribution in [2.24, 2.45) is 10.7 Å². The van der Waals surface area contributed by atoms with Gasteiger partial charge in [-0.2, -0.15) is 0 Å². The Bertz CT molecular complexity index is 1580. The summed E-state index contributed by atoms with van der Waals surface area (Å²) in [5.41, 5.74) is 5.94. The van der Waals surface area contributed by atoms with Gasteiger partial charge in [-0.3, -0.25) is 24.3 Å². The molecule has 13 heteroatoms. The minimum absolute atomic E-state index is 0.136. The summed E-state index contributed by atoms with van der Waals surface area (Å²) in [5.74, 6) is -0.626. The quantitative estimate of drug-likeness (QED) is 0.306. The molecule has 4 amide bonds.